The number of hydrogen-bond donors (Lipinski definition) is 1. The molecule has 0 aliphatic rings. The summed E-state index contributed by atoms with van der Waals surface area (Å²) in [6.07, 6.45) is 0. The molecule has 0 aliphatic heterocycles. The number of nitrogens with zero attached hydrogens (tertiary/aromatic N) is 1. The zero-order valence-electron chi connectivity index (χ0n) is 12.6. The van der Waals surface area contributed by atoms with Gasteiger partial charge < -0.3 is 4.90 Å². The van der Waals surface area contributed by atoms with Crippen molar-refractivity contribution in [1.29, 1.82) is 0 Å². The number of nitrogens with one attached hydrogen (secondary N) is 1. The van der Waals surface area contributed by atoms with Crippen LogP contribution in [0.5, 0.6) is 0 Å². The number of halogens is 1. The second-order valence-electron chi connectivity index (χ2n) is 5.02. The van der Waals surface area contributed by atoms with Gasteiger partial charge in [-0.05, 0) is 36.8 Å². The summed E-state index contributed by atoms with van der Waals surface area (Å²) in [7, 11) is -1.72. The van der Waals surface area contributed by atoms with Gasteiger partial charge in [0.2, 0.25) is 10.0 Å². The number of benzene rings is 2. The van der Waals surface area contributed by atoms with E-state index in [1.165, 1.54) is 18.2 Å². The van der Waals surface area contributed by atoms with Crippen LogP contribution in [-0.4, -0.2) is 22.0 Å². The molecular formula is C16H19FN2O2S. The van der Waals surface area contributed by atoms with Crippen LogP contribution in [-0.2, 0) is 15.8 Å². The van der Waals surface area contributed by atoms with Gasteiger partial charge in [0.05, 0.1) is 17.1 Å². The van der Waals surface area contributed by atoms with E-state index in [4.69, 9.17) is 0 Å². The molecule has 0 aliphatic carbocycles. The number of rotatable bonds is 6. The molecule has 0 fully saturated rings. The fraction of sp³-hybridized carbons (Fsp3) is 0.250. The van der Waals surface area contributed by atoms with Crippen LogP contribution in [0.15, 0.2) is 48.5 Å². The molecule has 4 nitrogen and oxygen atoms in total. The summed E-state index contributed by atoms with van der Waals surface area (Å²) in [4.78, 5) is 1.94. The van der Waals surface area contributed by atoms with Gasteiger partial charge in [-0.1, -0.05) is 24.3 Å². The molecular weight excluding hydrogens is 303 g/mol. The SMILES string of the molecule is CCN(C)c1ccccc1NS(=O)(=O)Cc1cccc(F)c1. The molecule has 0 bridgehead atoms. The zero-order chi connectivity index (χ0) is 16.2. The number of hydrogen-bond acceptors (Lipinski definition) is 3. The van der Waals surface area contributed by atoms with Crippen LogP contribution in [0.3, 0.4) is 0 Å². The van der Waals surface area contributed by atoms with Crippen molar-refractivity contribution < 1.29 is 12.8 Å². The van der Waals surface area contributed by atoms with Crippen molar-refractivity contribution in [3.05, 3.63) is 59.9 Å². The quantitative estimate of drug-likeness (QED) is 0.888. The van der Waals surface area contributed by atoms with Crippen molar-refractivity contribution in [2.24, 2.45) is 0 Å². The molecule has 0 atom stereocenters. The Hall–Kier alpha value is -2.08. The minimum atomic E-state index is -3.61. The topological polar surface area (TPSA) is 49.4 Å². The van der Waals surface area contributed by atoms with Crippen LogP contribution in [0.2, 0.25) is 0 Å². The molecule has 2 aromatic rings. The molecule has 0 amide bonds. The van der Waals surface area contributed by atoms with Crippen LogP contribution >= 0.6 is 0 Å². The molecule has 118 valence electrons. The molecule has 22 heavy (non-hydrogen) atoms. The van der Waals surface area contributed by atoms with Crippen molar-refractivity contribution in [3.63, 3.8) is 0 Å². The smallest absolute Gasteiger partial charge is 0.236 e. The van der Waals surface area contributed by atoms with Gasteiger partial charge in [0, 0.05) is 13.6 Å². The summed E-state index contributed by atoms with van der Waals surface area (Å²) in [5.74, 6) is -0.714. The van der Waals surface area contributed by atoms with Crippen LogP contribution in [0.4, 0.5) is 15.8 Å². The monoisotopic (exact) mass is 322 g/mol. The molecule has 0 heterocycles. The van der Waals surface area contributed by atoms with Crippen LogP contribution in [0, 0.1) is 5.82 Å². The predicted octanol–water partition coefficient (Wildman–Crippen LogP) is 3.22. The summed E-state index contributed by atoms with van der Waals surface area (Å²) in [6, 6.07) is 12.8. The maximum atomic E-state index is 13.2. The number of para-hydroxylation sites is 2. The Balaban J connectivity index is 2.22. The number of anilines is 2. The average Bonchev–Trinajstić information content (AvgIpc) is 2.46. The molecule has 0 saturated heterocycles. The first-order valence-corrected chi connectivity index (χ1v) is 8.61. The predicted molar refractivity (Wildman–Crippen MR) is 88.0 cm³/mol. The van der Waals surface area contributed by atoms with E-state index in [-0.39, 0.29) is 5.75 Å². The standard InChI is InChI=1S/C16H19FN2O2S/c1-3-19(2)16-10-5-4-9-15(16)18-22(20,21)12-13-7-6-8-14(17)11-13/h4-11,18H,3,12H2,1-2H3. The average molecular weight is 322 g/mol. The summed E-state index contributed by atoms with van der Waals surface area (Å²) in [5, 5.41) is 0. The van der Waals surface area contributed by atoms with Crippen molar-refractivity contribution >= 4 is 21.4 Å². The largest absolute Gasteiger partial charge is 0.373 e. The Morgan fingerprint density at radius 2 is 1.86 bits per heavy atom. The molecule has 6 heteroatoms. The van der Waals surface area contributed by atoms with Gasteiger partial charge >= 0.3 is 0 Å². The van der Waals surface area contributed by atoms with Gasteiger partial charge in [-0.2, -0.15) is 0 Å². The van der Waals surface area contributed by atoms with E-state index < -0.39 is 15.8 Å². The Bertz CT molecular complexity index is 747. The van der Waals surface area contributed by atoms with Crippen molar-refractivity contribution in [2.75, 3.05) is 23.2 Å². The third-order valence-electron chi connectivity index (χ3n) is 3.30. The first-order chi connectivity index (χ1) is 10.4. The molecule has 0 aromatic heterocycles. The minimum absolute atomic E-state index is 0.269. The highest BCUT2D eigenvalue weighted by Crippen LogP contribution is 2.26. The van der Waals surface area contributed by atoms with E-state index in [0.717, 1.165) is 12.2 Å². The number of sulfonamides is 1. The molecule has 2 aromatic carbocycles. The third kappa shape index (κ3) is 4.21. The second kappa shape index (κ2) is 6.79. The maximum Gasteiger partial charge on any atom is 0.236 e. The van der Waals surface area contributed by atoms with E-state index >= 15 is 0 Å². The summed E-state index contributed by atoms with van der Waals surface area (Å²) >= 11 is 0. The van der Waals surface area contributed by atoms with Gasteiger partial charge in [0.1, 0.15) is 5.82 Å². The highest BCUT2D eigenvalue weighted by atomic mass is 32.2. The van der Waals surface area contributed by atoms with E-state index in [1.54, 1.807) is 18.2 Å². The first kappa shape index (κ1) is 16.3. The molecule has 2 rings (SSSR count). The first-order valence-electron chi connectivity index (χ1n) is 6.96. The summed E-state index contributed by atoms with van der Waals surface area (Å²) in [5.41, 5.74) is 1.73. The van der Waals surface area contributed by atoms with E-state index in [9.17, 15) is 12.8 Å². The fourth-order valence-corrected chi connectivity index (χ4v) is 3.31. The molecule has 1 N–H and O–H groups in total. The van der Waals surface area contributed by atoms with Gasteiger partial charge in [-0.15, -0.1) is 0 Å². The van der Waals surface area contributed by atoms with Crippen LogP contribution < -0.4 is 9.62 Å². The molecule has 0 saturated carbocycles. The highest BCUT2D eigenvalue weighted by Gasteiger charge is 2.15. The maximum absolute atomic E-state index is 13.2. The van der Waals surface area contributed by atoms with Gasteiger partial charge in [-0.25, -0.2) is 12.8 Å². The van der Waals surface area contributed by atoms with Gasteiger partial charge in [-0.3, -0.25) is 4.72 Å². The van der Waals surface area contributed by atoms with Crippen molar-refractivity contribution in [3.8, 4) is 0 Å². The summed E-state index contributed by atoms with van der Waals surface area (Å²) in [6.45, 7) is 2.74. The Morgan fingerprint density at radius 1 is 1.14 bits per heavy atom. The lowest BCUT2D eigenvalue weighted by Crippen LogP contribution is -2.20. The second-order valence-corrected chi connectivity index (χ2v) is 6.74. The Morgan fingerprint density at radius 3 is 2.55 bits per heavy atom. The Labute approximate surface area is 130 Å². The third-order valence-corrected chi connectivity index (χ3v) is 4.55. The fourth-order valence-electron chi connectivity index (χ4n) is 2.11. The van der Waals surface area contributed by atoms with Gasteiger partial charge in [0.15, 0.2) is 0 Å². The normalized spacial score (nSPS) is 11.2. The van der Waals surface area contributed by atoms with Crippen molar-refractivity contribution in [2.45, 2.75) is 12.7 Å². The van der Waals surface area contributed by atoms with E-state index in [2.05, 4.69) is 4.72 Å². The zero-order valence-corrected chi connectivity index (χ0v) is 13.4. The van der Waals surface area contributed by atoms with Crippen LogP contribution in [0.1, 0.15) is 12.5 Å². The minimum Gasteiger partial charge on any atom is -0.373 e. The van der Waals surface area contributed by atoms with Crippen molar-refractivity contribution in [1.82, 2.24) is 0 Å². The van der Waals surface area contributed by atoms with Gasteiger partial charge in [0.25, 0.3) is 0 Å². The lowest BCUT2D eigenvalue weighted by atomic mass is 10.2. The molecule has 0 radical (unpaired) electrons. The Kier molecular flexibility index (Phi) is 5.03. The lowest BCUT2D eigenvalue weighted by Gasteiger charge is -2.21. The molecule has 0 unspecified atom stereocenters. The molecule has 0 spiro atoms. The van der Waals surface area contributed by atoms with Crippen LogP contribution in [0.25, 0.3) is 0 Å². The van der Waals surface area contributed by atoms with E-state index in [0.29, 0.717) is 11.3 Å². The van der Waals surface area contributed by atoms with E-state index in [1.807, 2.05) is 31.0 Å². The highest BCUT2D eigenvalue weighted by molar-refractivity contribution is 7.91. The lowest BCUT2D eigenvalue weighted by molar-refractivity contribution is 0.599. The summed E-state index contributed by atoms with van der Waals surface area (Å²) < 4.78 is 40.3.